The summed E-state index contributed by atoms with van der Waals surface area (Å²) in [5.41, 5.74) is 1.58. The minimum atomic E-state index is -0.253. The summed E-state index contributed by atoms with van der Waals surface area (Å²) >= 11 is 0. The Morgan fingerprint density at radius 3 is 2.65 bits per heavy atom. The molecule has 1 aliphatic heterocycles. The normalized spacial score (nSPS) is 18.1. The van der Waals surface area contributed by atoms with E-state index in [1.807, 2.05) is 12.1 Å². The third-order valence-corrected chi connectivity index (χ3v) is 3.34. The number of benzene rings is 1. The van der Waals surface area contributed by atoms with Crippen LogP contribution in [-0.2, 0) is 4.74 Å². The van der Waals surface area contributed by atoms with Gasteiger partial charge in [0, 0.05) is 18.7 Å². The number of anilines is 1. The first-order chi connectivity index (χ1) is 9.81. The first-order valence-corrected chi connectivity index (χ1v) is 6.76. The molecule has 0 aliphatic carbocycles. The Morgan fingerprint density at radius 2 is 2.00 bits per heavy atom. The van der Waals surface area contributed by atoms with Crippen LogP contribution in [0.25, 0.3) is 11.3 Å². The van der Waals surface area contributed by atoms with Gasteiger partial charge in [-0.2, -0.15) is 0 Å². The van der Waals surface area contributed by atoms with Gasteiger partial charge in [-0.15, -0.1) is 10.2 Å². The summed E-state index contributed by atoms with van der Waals surface area (Å²) in [7, 11) is 0. The molecule has 20 heavy (non-hydrogen) atoms. The van der Waals surface area contributed by atoms with Crippen molar-refractivity contribution in [3.05, 3.63) is 42.2 Å². The van der Waals surface area contributed by atoms with E-state index in [0.717, 1.165) is 43.1 Å². The summed E-state index contributed by atoms with van der Waals surface area (Å²) in [5.74, 6) is 0.475. The van der Waals surface area contributed by atoms with E-state index in [1.165, 1.54) is 12.1 Å². The Morgan fingerprint density at radius 1 is 1.15 bits per heavy atom. The Kier molecular flexibility index (Phi) is 3.87. The number of halogens is 1. The molecular weight excluding hydrogens is 257 g/mol. The summed E-state index contributed by atoms with van der Waals surface area (Å²) in [6, 6.07) is 9.97. The van der Waals surface area contributed by atoms with Crippen molar-refractivity contribution in [1.29, 1.82) is 0 Å². The predicted octanol–water partition coefficient (Wildman–Crippen LogP) is 2.87. The highest BCUT2D eigenvalue weighted by Gasteiger charge is 2.15. The van der Waals surface area contributed by atoms with E-state index in [1.54, 1.807) is 12.1 Å². The van der Waals surface area contributed by atoms with Crippen molar-refractivity contribution in [2.45, 2.75) is 18.9 Å². The lowest BCUT2D eigenvalue weighted by Gasteiger charge is -2.10. The van der Waals surface area contributed by atoms with E-state index >= 15 is 0 Å². The average Bonchev–Trinajstić information content (AvgIpc) is 3.00. The van der Waals surface area contributed by atoms with E-state index in [-0.39, 0.29) is 11.9 Å². The minimum absolute atomic E-state index is 0.253. The Hall–Kier alpha value is -2.01. The van der Waals surface area contributed by atoms with Crippen molar-refractivity contribution in [2.75, 3.05) is 18.5 Å². The van der Waals surface area contributed by atoms with Gasteiger partial charge in [0.05, 0.1) is 11.8 Å². The lowest BCUT2D eigenvalue weighted by Crippen LogP contribution is -2.19. The molecule has 5 heteroatoms. The van der Waals surface area contributed by atoms with Crippen molar-refractivity contribution in [2.24, 2.45) is 0 Å². The molecule has 3 rings (SSSR count). The molecule has 2 aromatic rings. The smallest absolute Gasteiger partial charge is 0.148 e. The molecule has 0 radical (unpaired) electrons. The standard InChI is InChI=1S/C15H16FN3O/c16-12-5-3-11(4-6-12)14-7-8-15(19-18-14)17-10-13-2-1-9-20-13/h3-8,13H,1-2,9-10H2,(H,17,19). The molecule has 0 amide bonds. The fourth-order valence-corrected chi connectivity index (χ4v) is 2.22. The Labute approximate surface area is 117 Å². The number of nitrogens with one attached hydrogen (secondary N) is 1. The van der Waals surface area contributed by atoms with Crippen molar-refractivity contribution in [3.63, 3.8) is 0 Å². The second kappa shape index (κ2) is 5.96. The highest BCUT2D eigenvalue weighted by Crippen LogP contribution is 2.18. The number of nitrogens with zero attached hydrogens (tertiary/aromatic N) is 2. The molecule has 1 N–H and O–H groups in total. The SMILES string of the molecule is Fc1ccc(-c2ccc(NCC3CCCO3)nn2)cc1. The van der Waals surface area contributed by atoms with Crippen LogP contribution in [0.3, 0.4) is 0 Å². The van der Waals surface area contributed by atoms with Crippen LogP contribution in [0.2, 0.25) is 0 Å². The zero-order valence-electron chi connectivity index (χ0n) is 11.1. The molecule has 1 fully saturated rings. The maximum atomic E-state index is 12.9. The molecular formula is C15H16FN3O. The quantitative estimate of drug-likeness (QED) is 0.930. The van der Waals surface area contributed by atoms with Gasteiger partial charge in [0.2, 0.25) is 0 Å². The van der Waals surface area contributed by atoms with Crippen molar-refractivity contribution < 1.29 is 9.13 Å². The highest BCUT2D eigenvalue weighted by molar-refractivity contribution is 5.59. The molecule has 1 aliphatic rings. The highest BCUT2D eigenvalue weighted by atomic mass is 19.1. The van der Waals surface area contributed by atoms with E-state index < -0.39 is 0 Å². The number of hydrogen-bond acceptors (Lipinski definition) is 4. The van der Waals surface area contributed by atoms with Gasteiger partial charge in [0.25, 0.3) is 0 Å². The zero-order chi connectivity index (χ0) is 13.8. The number of hydrogen-bond donors (Lipinski definition) is 1. The molecule has 1 atom stereocenters. The van der Waals surface area contributed by atoms with E-state index in [0.29, 0.717) is 0 Å². The van der Waals surface area contributed by atoms with Crippen LogP contribution in [-0.4, -0.2) is 29.5 Å². The predicted molar refractivity (Wildman–Crippen MR) is 74.9 cm³/mol. The molecule has 1 aromatic heterocycles. The van der Waals surface area contributed by atoms with Gasteiger partial charge in [-0.1, -0.05) is 0 Å². The fourth-order valence-electron chi connectivity index (χ4n) is 2.22. The maximum absolute atomic E-state index is 12.9. The van der Waals surface area contributed by atoms with Gasteiger partial charge < -0.3 is 10.1 Å². The summed E-state index contributed by atoms with van der Waals surface area (Å²) in [5, 5.41) is 11.5. The van der Waals surface area contributed by atoms with Crippen LogP contribution in [0.1, 0.15) is 12.8 Å². The summed E-state index contributed by atoms with van der Waals surface area (Å²) < 4.78 is 18.4. The lowest BCUT2D eigenvalue weighted by molar-refractivity contribution is 0.120. The van der Waals surface area contributed by atoms with Crippen LogP contribution in [0.15, 0.2) is 36.4 Å². The topological polar surface area (TPSA) is 47.0 Å². The van der Waals surface area contributed by atoms with E-state index in [9.17, 15) is 4.39 Å². The van der Waals surface area contributed by atoms with E-state index in [2.05, 4.69) is 15.5 Å². The van der Waals surface area contributed by atoms with E-state index in [4.69, 9.17) is 4.74 Å². The molecule has 4 nitrogen and oxygen atoms in total. The fraction of sp³-hybridized carbons (Fsp3) is 0.333. The molecule has 104 valence electrons. The molecule has 2 heterocycles. The Bertz CT molecular complexity index is 550. The van der Waals surface area contributed by atoms with Crippen LogP contribution in [0.4, 0.5) is 10.2 Å². The second-order valence-electron chi connectivity index (χ2n) is 4.83. The van der Waals surface area contributed by atoms with Crippen molar-refractivity contribution in [1.82, 2.24) is 10.2 Å². The first-order valence-electron chi connectivity index (χ1n) is 6.76. The molecule has 0 bridgehead atoms. The van der Waals surface area contributed by atoms with Gasteiger partial charge in [-0.05, 0) is 49.2 Å². The number of aromatic nitrogens is 2. The summed E-state index contributed by atoms with van der Waals surface area (Å²) in [6.07, 6.45) is 2.49. The van der Waals surface area contributed by atoms with Crippen molar-refractivity contribution >= 4 is 5.82 Å². The molecule has 0 spiro atoms. The maximum Gasteiger partial charge on any atom is 0.148 e. The van der Waals surface area contributed by atoms with Gasteiger partial charge in [-0.25, -0.2) is 4.39 Å². The third-order valence-electron chi connectivity index (χ3n) is 3.34. The van der Waals surface area contributed by atoms with Gasteiger partial charge in [0.15, 0.2) is 0 Å². The number of rotatable bonds is 4. The van der Waals surface area contributed by atoms with Crippen LogP contribution < -0.4 is 5.32 Å². The average molecular weight is 273 g/mol. The summed E-state index contributed by atoms with van der Waals surface area (Å²) in [6.45, 7) is 1.60. The molecule has 1 saturated heterocycles. The number of ether oxygens (including phenoxy) is 1. The van der Waals surface area contributed by atoms with Crippen LogP contribution in [0.5, 0.6) is 0 Å². The minimum Gasteiger partial charge on any atom is -0.376 e. The monoisotopic (exact) mass is 273 g/mol. The van der Waals surface area contributed by atoms with Crippen LogP contribution in [0, 0.1) is 5.82 Å². The zero-order valence-corrected chi connectivity index (χ0v) is 11.1. The second-order valence-corrected chi connectivity index (χ2v) is 4.83. The van der Waals surface area contributed by atoms with Gasteiger partial charge in [0.1, 0.15) is 11.6 Å². The lowest BCUT2D eigenvalue weighted by atomic mass is 10.1. The molecule has 1 aromatic carbocycles. The van der Waals surface area contributed by atoms with Gasteiger partial charge >= 0.3 is 0 Å². The largest absolute Gasteiger partial charge is 0.376 e. The van der Waals surface area contributed by atoms with Crippen molar-refractivity contribution in [3.8, 4) is 11.3 Å². The molecule has 0 saturated carbocycles. The Balaban J connectivity index is 1.63. The first kappa shape index (κ1) is 13.0. The van der Waals surface area contributed by atoms with Crippen LogP contribution >= 0.6 is 0 Å². The summed E-state index contributed by atoms with van der Waals surface area (Å²) in [4.78, 5) is 0. The van der Waals surface area contributed by atoms with Gasteiger partial charge in [-0.3, -0.25) is 0 Å². The third kappa shape index (κ3) is 3.11. The molecule has 1 unspecified atom stereocenters.